The van der Waals surface area contributed by atoms with Gasteiger partial charge >= 0.3 is 0 Å². The topological polar surface area (TPSA) is 117 Å². The number of ether oxygens (including phenoxy) is 1. The first kappa shape index (κ1) is 29.2. The lowest BCUT2D eigenvalue weighted by Crippen LogP contribution is -2.40. The van der Waals surface area contributed by atoms with Crippen LogP contribution in [-0.2, 0) is 25.7 Å². The number of carbonyl (C=O) groups excluding carboxylic acids is 4. The molecule has 2 amide bonds. The molecule has 36 heavy (non-hydrogen) atoms. The number of benzene rings is 1. The number of hydrazine groups is 1. The molecule has 0 atom stereocenters. The minimum Gasteiger partial charge on any atom is -0.379 e. The lowest BCUT2D eigenvalue weighted by Gasteiger charge is -2.28. The minimum absolute atomic E-state index is 0.176. The van der Waals surface area contributed by atoms with Crippen molar-refractivity contribution in [3.8, 4) is 11.8 Å². The number of aldehydes is 2. The highest BCUT2D eigenvalue weighted by Gasteiger charge is 2.19. The summed E-state index contributed by atoms with van der Waals surface area (Å²) >= 11 is 0. The zero-order chi connectivity index (χ0) is 26.0. The Balaban J connectivity index is 1.73. The third-order valence-electron chi connectivity index (χ3n) is 6.08. The van der Waals surface area contributed by atoms with Gasteiger partial charge in [0, 0.05) is 62.6 Å². The van der Waals surface area contributed by atoms with Gasteiger partial charge < -0.3 is 20.2 Å². The van der Waals surface area contributed by atoms with Gasteiger partial charge in [-0.3, -0.25) is 19.8 Å². The van der Waals surface area contributed by atoms with Crippen LogP contribution in [0.4, 0.5) is 0 Å². The van der Waals surface area contributed by atoms with Crippen molar-refractivity contribution in [2.45, 2.75) is 70.0 Å². The maximum Gasteiger partial charge on any atom is 0.234 e. The molecule has 0 unspecified atom stereocenters. The van der Waals surface area contributed by atoms with Crippen molar-refractivity contribution in [3.63, 3.8) is 0 Å². The molecule has 0 bridgehead atoms. The zero-order valence-electron chi connectivity index (χ0n) is 21.1. The predicted molar refractivity (Wildman–Crippen MR) is 137 cm³/mol. The van der Waals surface area contributed by atoms with Gasteiger partial charge in [-0.2, -0.15) is 0 Å². The molecule has 0 aliphatic heterocycles. The molecule has 1 saturated carbocycles. The third-order valence-corrected chi connectivity index (χ3v) is 6.08. The molecule has 3 N–H and O–H groups in total. The Hall–Kier alpha value is -3.06. The van der Waals surface area contributed by atoms with Gasteiger partial charge in [-0.15, -0.1) is 0 Å². The van der Waals surface area contributed by atoms with Crippen LogP contribution < -0.4 is 16.1 Å². The molecule has 0 saturated heterocycles. The van der Waals surface area contributed by atoms with Crippen molar-refractivity contribution in [1.82, 2.24) is 21.1 Å². The van der Waals surface area contributed by atoms with E-state index in [1.54, 1.807) is 24.2 Å². The summed E-state index contributed by atoms with van der Waals surface area (Å²) in [6.07, 6.45) is 8.18. The number of unbranched alkanes of at least 4 members (excludes halogenated alkanes) is 1. The number of hydrogen-bond acceptors (Lipinski definition) is 7. The van der Waals surface area contributed by atoms with E-state index in [1.165, 1.54) is 0 Å². The highest BCUT2D eigenvalue weighted by Crippen LogP contribution is 2.18. The number of carbonyl (C=O) groups is 4. The molecule has 1 aliphatic carbocycles. The van der Waals surface area contributed by atoms with Crippen molar-refractivity contribution in [1.29, 1.82) is 0 Å². The van der Waals surface area contributed by atoms with Gasteiger partial charge in [0.2, 0.25) is 12.3 Å². The van der Waals surface area contributed by atoms with Gasteiger partial charge in [0.1, 0.15) is 12.6 Å². The van der Waals surface area contributed by atoms with Crippen LogP contribution in [0.25, 0.3) is 0 Å². The fourth-order valence-electron chi connectivity index (χ4n) is 4.18. The van der Waals surface area contributed by atoms with Gasteiger partial charge in [0.05, 0.1) is 13.2 Å². The Labute approximate surface area is 213 Å². The summed E-state index contributed by atoms with van der Waals surface area (Å²) < 4.78 is 5.69. The molecule has 0 heterocycles. The fraction of sp³-hybridized carbons (Fsp3) is 0.556. The van der Waals surface area contributed by atoms with E-state index >= 15 is 0 Å². The number of rotatable bonds is 16. The Bertz CT molecular complexity index is 903. The maximum absolute atomic E-state index is 12.0. The molecule has 2 rings (SSSR count). The highest BCUT2D eigenvalue weighted by atomic mass is 16.5. The van der Waals surface area contributed by atoms with E-state index in [1.807, 2.05) is 6.07 Å². The van der Waals surface area contributed by atoms with Crippen molar-refractivity contribution >= 4 is 24.9 Å². The average Bonchev–Trinajstić information content (AvgIpc) is 2.87. The summed E-state index contributed by atoms with van der Waals surface area (Å²) in [5.41, 5.74) is 4.78. The second kappa shape index (κ2) is 17.4. The van der Waals surface area contributed by atoms with Gasteiger partial charge in [0.15, 0.2) is 0 Å². The first-order chi connectivity index (χ1) is 17.6. The summed E-state index contributed by atoms with van der Waals surface area (Å²) in [6, 6.07) is 6.16. The summed E-state index contributed by atoms with van der Waals surface area (Å²) in [5.74, 6) is 6.07. The van der Waals surface area contributed by atoms with Crippen LogP contribution in [0.3, 0.4) is 0 Å². The van der Waals surface area contributed by atoms with E-state index in [0.717, 1.165) is 62.3 Å². The number of nitrogens with zero attached hydrogens (tertiary/aromatic N) is 1. The van der Waals surface area contributed by atoms with Crippen LogP contribution >= 0.6 is 0 Å². The van der Waals surface area contributed by atoms with E-state index in [4.69, 9.17) is 4.74 Å². The van der Waals surface area contributed by atoms with Gasteiger partial charge in [0.25, 0.3) is 0 Å². The van der Waals surface area contributed by atoms with E-state index in [-0.39, 0.29) is 12.3 Å². The van der Waals surface area contributed by atoms with Gasteiger partial charge in [-0.05, 0) is 43.7 Å². The Kier molecular flexibility index (Phi) is 14.1. The molecular formula is C27H38N4O5. The molecular weight excluding hydrogens is 460 g/mol. The summed E-state index contributed by atoms with van der Waals surface area (Å²) in [7, 11) is 1.73. The second-order valence-corrected chi connectivity index (χ2v) is 8.89. The van der Waals surface area contributed by atoms with Crippen LogP contribution in [-0.4, -0.2) is 68.8 Å². The van der Waals surface area contributed by atoms with E-state index < -0.39 is 0 Å². The zero-order valence-corrected chi connectivity index (χ0v) is 21.1. The molecule has 1 aromatic rings. The van der Waals surface area contributed by atoms with Gasteiger partial charge in [-0.1, -0.05) is 24.0 Å². The molecule has 9 nitrogen and oxygen atoms in total. The quantitative estimate of drug-likeness (QED) is 0.138. The molecule has 0 radical (unpaired) electrons. The van der Waals surface area contributed by atoms with E-state index in [9.17, 15) is 19.2 Å². The first-order valence-corrected chi connectivity index (χ1v) is 12.6. The normalized spacial score (nSPS) is 17.1. The van der Waals surface area contributed by atoms with Crippen molar-refractivity contribution in [3.05, 3.63) is 34.9 Å². The van der Waals surface area contributed by atoms with Crippen LogP contribution in [0.15, 0.2) is 18.2 Å². The summed E-state index contributed by atoms with van der Waals surface area (Å²) in [5, 5.41) is 7.99. The van der Waals surface area contributed by atoms with E-state index in [0.29, 0.717) is 56.7 Å². The van der Waals surface area contributed by atoms with Crippen LogP contribution in [0.2, 0.25) is 0 Å². The van der Waals surface area contributed by atoms with Crippen molar-refractivity contribution in [2.24, 2.45) is 0 Å². The second-order valence-electron chi connectivity index (χ2n) is 8.89. The maximum atomic E-state index is 12.0. The highest BCUT2D eigenvalue weighted by molar-refractivity contribution is 5.79. The Morgan fingerprint density at radius 3 is 2.64 bits per heavy atom. The Morgan fingerprint density at radius 2 is 1.92 bits per heavy atom. The number of amides is 2. The summed E-state index contributed by atoms with van der Waals surface area (Å²) in [6.45, 7) is 2.23. The van der Waals surface area contributed by atoms with Crippen LogP contribution in [0.1, 0.15) is 72.9 Å². The SMILES string of the molecule is CN(Cc1c(C#CCCOCCNC2CCC(NC=O)CC2)cccc1C=O)NC(=O)CCCC=O. The fourth-order valence-corrected chi connectivity index (χ4v) is 4.18. The minimum atomic E-state index is -0.176. The molecule has 196 valence electrons. The first-order valence-electron chi connectivity index (χ1n) is 12.6. The Morgan fingerprint density at radius 1 is 1.14 bits per heavy atom. The predicted octanol–water partition coefficient (Wildman–Crippen LogP) is 1.74. The van der Waals surface area contributed by atoms with Crippen molar-refractivity contribution in [2.75, 3.05) is 26.8 Å². The molecule has 0 spiro atoms. The molecule has 1 aliphatic rings. The number of nitrogens with one attached hydrogen (secondary N) is 3. The molecule has 1 aromatic carbocycles. The third kappa shape index (κ3) is 11.1. The number of hydrogen-bond donors (Lipinski definition) is 3. The standard InChI is InChI=1S/C27H38N4O5/c1-31(30-27(35)10-2-4-16-32)19-26-22(8-6-9-23(26)20-33)7-3-5-17-36-18-15-28-24-11-13-25(14-12-24)29-21-34/h6,8-9,16,20-21,24-25,28H,2,4-5,10-15,17-19H2,1H3,(H,29,34)(H,30,35). The molecule has 0 aromatic heterocycles. The lowest BCUT2D eigenvalue weighted by atomic mass is 9.91. The van der Waals surface area contributed by atoms with Crippen molar-refractivity contribution < 1.29 is 23.9 Å². The monoisotopic (exact) mass is 498 g/mol. The smallest absolute Gasteiger partial charge is 0.234 e. The molecule has 1 fully saturated rings. The van der Waals surface area contributed by atoms with Crippen LogP contribution in [0, 0.1) is 11.8 Å². The average molecular weight is 499 g/mol. The largest absolute Gasteiger partial charge is 0.379 e. The molecule has 9 heteroatoms. The van der Waals surface area contributed by atoms with Gasteiger partial charge in [-0.25, -0.2) is 5.01 Å². The summed E-state index contributed by atoms with van der Waals surface area (Å²) in [4.78, 5) is 44.5. The lowest BCUT2D eigenvalue weighted by molar-refractivity contribution is -0.125. The van der Waals surface area contributed by atoms with E-state index in [2.05, 4.69) is 27.9 Å². The van der Waals surface area contributed by atoms with Crippen LogP contribution in [0.5, 0.6) is 0 Å².